The van der Waals surface area contributed by atoms with Crippen LogP contribution in [0.5, 0.6) is 0 Å². The molecule has 7 nitrogen and oxygen atoms in total. The van der Waals surface area contributed by atoms with E-state index in [4.69, 9.17) is 9.84 Å². The van der Waals surface area contributed by atoms with Crippen molar-refractivity contribution in [2.24, 2.45) is 0 Å². The highest BCUT2D eigenvalue weighted by atomic mass is 16.5. The summed E-state index contributed by atoms with van der Waals surface area (Å²) in [6.07, 6.45) is -0.783. The highest BCUT2D eigenvalue weighted by Gasteiger charge is 2.43. The Morgan fingerprint density at radius 1 is 1.30 bits per heavy atom. The summed E-state index contributed by atoms with van der Waals surface area (Å²) >= 11 is 0. The van der Waals surface area contributed by atoms with Crippen molar-refractivity contribution in [2.45, 2.75) is 51.0 Å². The molecule has 2 fully saturated rings. The van der Waals surface area contributed by atoms with Crippen LogP contribution in [0.4, 0.5) is 4.79 Å². The van der Waals surface area contributed by atoms with Crippen LogP contribution in [0, 0.1) is 0 Å². The van der Waals surface area contributed by atoms with Crippen molar-refractivity contribution in [3.8, 4) is 0 Å². The second-order valence-corrected chi connectivity index (χ2v) is 6.25. The number of rotatable bonds is 1. The summed E-state index contributed by atoms with van der Waals surface area (Å²) < 4.78 is 5.73. The third-order valence-corrected chi connectivity index (χ3v) is 3.65. The van der Waals surface area contributed by atoms with Gasteiger partial charge in [-0.3, -0.25) is 0 Å². The predicted octanol–water partition coefficient (Wildman–Crippen LogP) is 0.125. The number of urea groups is 1. The first kappa shape index (κ1) is 15.1. The summed E-state index contributed by atoms with van der Waals surface area (Å²) in [4.78, 5) is 26.6. The lowest BCUT2D eigenvalue weighted by atomic mass is 10.1. The number of hydrogen-bond acceptors (Lipinski definition) is 4. The van der Waals surface area contributed by atoms with E-state index in [1.807, 2.05) is 20.8 Å². The molecule has 2 heterocycles. The summed E-state index contributed by atoms with van der Waals surface area (Å²) in [5, 5.41) is 18.8. The molecular weight excluding hydrogens is 264 g/mol. The number of β-amino-alcohol motifs (C(OH)–C–C–N with tert-alkyl or cyclic N) is 1. The quantitative estimate of drug-likeness (QED) is 0.715. The normalized spacial score (nSPS) is 33.3. The van der Waals surface area contributed by atoms with Crippen molar-refractivity contribution in [1.82, 2.24) is 9.80 Å². The van der Waals surface area contributed by atoms with Gasteiger partial charge >= 0.3 is 12.0 Å². The van der Waals surface area contributed by atoms with Gasteiger partial charge in [0.15, 0.2) is 0 Å². The monoisotopic (exact) mass is 286 g/mol. The molecule has 0 aromatic heterocycles. The lowest BCUT2D eigenvalue weighted by Crippen LogP contribution is -2.58. The second kappa shape index (κ2) is 5.21. The Bertz CT molecular complexity index is 412. The predicted molar refractivity (Wildman–Crippen MR) is 70.3 cm³/mol. The maximum atomic E-state index is 12.5. The summed E-state index contributed by atoms with van der Waals surface area (Å²) in [6.45, 7) is 6.60. The molecule has 2 saturated heterocycles. The van der Waals surface area contributed by atoms with Gasteiger partial charge in [-0.15, -0.1) is 0 Å². The van der Waals surface area contributed by atoms with Gasteiger partial charge in [0.05, 0.1) is 24.4 Å². The van der Waals surface area contributed by atoms with Crippen LogP contribution in [-0.2, 0) is 9.53 Å². The van der Waals surface area contributed by atoms with Crippen molar-refractivity contribution in [3.63, 3.8) is 0 Å². The van der Waals surface area contributed by atoms with Crippen LogP contribution in [0.25, 0.3) is 0 Å². The number of likely N-dealkylation sites (tertiary alicyclic amines) is 1. The van der Waals surface area contributed by atoms with Gasteiger partial charge in [-0.1, -0.05) is 0 Å². The molecule has 0 saturated carbocycles. The number of amides is 2. The average Bonchev–Trinajstić information content (AvgIpc) is 2.67. The molecule has 2 aliphatic rings. The van der Waals surface area contributed by atoms with Crippen molar-refractivity contribution in [1.29, 1.82) is 0 Å². The first-order valence-electron chi connectivity index (χ1n) is 6.84. The molecule has 114 valence electrons. The molecule has 0 aromatic rings. The van der Waals surface area contributed by atoms with Crippen LogP contribution in [0.3, 0.4) is 0 Å². The molecule has 2 N–H and O–H groups in total. The minimum atomic E-state index is -1.07. The zero-order chi connectivity index (χ0) is 15.1. The summed E-state index contributed by atoms with van der Waals surface area (Å²) in [5.74, 6) is -1.07. The lowest BCUT2D eigenvalue weighted by Gasteiger charge is -2.43. The van der Waals surface area contributed by atoms with Crippen LogP contribution >= 0.6 is 0 Å². The third-order valence-electron chi connectivity index (χ3n) is 3.65. The average molecular weight is 286 g/mol. The van der Waals surface area contributed by atoms with Gasteiger partial charge in [-0.05, 0) is 20.8 Å². The fourth-order valence-corrected chi connectivity index (χ4v) is 3.04. The Labute approximate surface area is 118 Å². The number of ether oxygens (including phenoxy) is 1. The largest absolute Gasteiger partial charge is 0.480 e. The molecular formula is C13H22N2O5. The number of carboxylic acid groups (broad SMARTS) is 1. The Balaban J connectivity index is 2.12. The molecule has 2 aliphatic heterocycles. The van der Waals surface area contributed by atoms with Crippen molar-refractivity contribution in [3.05, 3.63) is 0 Å². The van der Waals surface area contributed by atoms with Gasteiger partial charge in [0.25, 0.3) is 0 Å². The molecule has 0 spiro atoms. The van der Waals surface area contributed by atoms with Crippen LogP contribution in [0.15, 0.2) is 0 Å². The SMILES string of the molecule is CC1CN(C(=O)N2CC(O)C[C@H]2C(=O)O)CC(C)(C)O1. The number of aliphatic carboxylic acids is 1. The topological polar surface area (TPSA) is 90.3 Å². The van der Waals surface area contributed by atoms with Crippen LogP contribution < -0.4 is 0 Å². The molecule has 0 bridgehead atoms. The van der Waals surface area contributed by atoms with E-state index < -0.39 is 23.7 Å². The minimum absolute atomic E-state index is 0.0714. The number of morpholine rings is 1. The third kappa shape index (κ3) is 3.04. The van der Waals surface area contributed by atoms with E-state index in [2.05, 4.69) is 0 Å². The molecule has 20 heavy (non-hydrogen) atoms. The van der Waals surface area contributed by atoms with Gasteiger partial charge in [-0.2, -0.15) is 0 Å². The van der Waals surface area contributed by atoms with E-state index in [9.17, 15) is 14.7 Å². The molecule has 7 heteroatoms. The smallest absolute Gasteiger partial charge is 0.326 e. The summed E-state index contributed by atoms with van der Waals surface area (Å²) in [5.41, 5.74) is -0.454. The first-order chi connectivity index (χ1) is 9.19. The minimum Gasteiger partial charge on any atom is -0.480 e. The second-order valence-electron chi connectivity index (χ2n) is 6.25. The van der Waals surface area contributed by atoms with Gasteiger partial charge in [0, 0.05) is 19.5 Å². The van der Waals surface area contributed by atoms with E-state index in [-0.39, 0.29) is 25.1 Å². The Kier molecular flexibility index (Phi) is 3.93. The number of carbonyl (C=O) groups excluding carboxylic acids is 1. The van der Waals surface area contributed by atoms with Crippen molar-refractivity contribution < 1.29 is 24.5 Å². The zero-order valence-corrected chi connectivity index (χ0v) is 12.1. The van der Waals surface area contributed by atoms with Crippen molar-refractivity contribution >= 4 is 12.0 Å². The lowest BCUT2D eigenvalue weighted by molar-refractivity contribution is -0.142. The van der Waals surface area contributed by atoms with Crippen molar-refractivity contribution in [2.75, 3.05) is 19.6 Å². The standard InChI is InChI=1S/C13H22N2O5/c1-8-5-14(7-13(2,3)20-8)12(19)15-6-9(16)4-10(15)11(17)18/h8-10,16H,4-7H2,1-3H3,(H,17,18)/t8?,9?,10-/m0/s1. The molecule has 0 radical (unpaired) electrons. The number of hydrogen-bond donors (Lipinski definition) is 2. The molecule has 2 amide bonds. The number of nitrogens with zero attached hydrogens (tertiary/aromatic N) is 2. The van der Waals surface area contributed by atoms with Crippen LogP contribution in [0.2, 0.25) is 0 Å². The van der Waals surface area contributed by atoms with E-state index in [0.717, 1.165) is 0 Å². The highest BCUT2D eigenvalue weighted by Crippen LogP contribution is 2.25. The summed E-state index contributed by atoms with van der Waals surface area (Å²) in [6, 6.07) is -1.28. The fraction of sp³-hybridized carbons (Fsp3) is 0.846. The maximum Gasteiger partial charge on any atom is 0.326 e. The number of aliphatic hydroxyl groups excluding tert-OH is 1. The molecule has 0 aliphatic carbocycles. The molecule has 2 unspecified atom stereocenters. The van der Waals surface area contributed by atoms with E-state index in [0.29, 0.717) is 13.1 Å². The van der Waals surface area contributed by atoms with Gasteiger partial charge in [-0.25, -0.2) is 9.59 Å². The number of carbonyl (C=O) groups is 2. The van der Waals surface area contributed by atoms with Crippen LogP contribution in [-0.4, -0.2) is 75.5 Å². The first-order valence-corrected chi connectivity index (χ1v) is 6.84. The number of carboxylic acids is 1. The Morgan fingerprint density at radius 2 is 1.95 bits per heavy atom. The maximum absolute atomic E-state index is 12.5. The Hall–Kier alpha value is -1.34. The van der Waals surface area contributed by atoms with Gasteiger partial charge in [0.2, 0.25) is 0 Å². The molecule has 2 rings (SSSR count). The van der Waals surface area contributed by atoms with Gasteiger partial charge < -0.3 is 24.7 Å². The Morgan fingerprint density at radius 3 is 2.50 bits per heavy atom. The highest BCUT2D eigenvalue weighted by molar-refractivity contribution is 5.83. The zero-order valence-electron chi connectivity index (χ0n) is 12.1. The van der Waals surface area contributed by atoms with E-state index in [1.54, 1.807) is 4.90 Å². The summed E-state index contributed by atoms with van der Waals surface area (Å²) in [7, 11) is 0. The number of aliphatic hydroxyl groups is 1. The van der Waals surface area contributed by atoms with Crippen LogP contribution in [0.1, 0.15) is 27.2 Å². The van der Waals surface area contributed by atoms with Gasteiger partial charge in [0.1, 0.15) is 6.04 Å². The van der Waals surface area contributed by atoms with E-state index >= 15 is 0 Å². The molecule has 3 atom stereocenters. The van der Waals surface area contributed by atoms with E-state index in [1.165, 1.54) is 4.90 Å². The fourth-order valence-electron chi connectivity index (χ4n) is 3.04. The molecule has 0 aromatic carbocycles.